The normalized spacial score (nSPS) is 13.1. The first-order valence-corrected chi connectivity index (χ1v) is 5.82. The molecule has 4 heteroatoms. The highest BCUT2D eigenvalue weighted by Gasteiger charge is 2.19. The molecule has 0 spiro atoms. The van der Waals surface area contributed by atoms with E-state index in [0.717, 1.165) is 22.4 Å². The zero-order valence-corrected chi connectivity index (χ0v) is 10.3. The first-order valence-electron chi connectivity index (χ1n) is 5.82. The van der Waals surface area contributed by atoms with E-state index >= 15 is 0 Å². The Bertz CT molecular complexity index is 664. The Labute approximate surface area is 104 Å². The summed E-state index contributed by atoms with van der Waals surface area (Å²) in [5.74, 6) is 0.541. The minimum Gasteiger partial charge on any atom is -0.458 e. The molecule has 1 unspecified atom stereocenters. The van der Waals surface area contributed by atoms with E-state index in [4.69, 9.17) is 4.42 Å². The summed E-state index contributed by atoms with van der Waals surface area (Å²) >= 11 is 0. The van der Waals surface area contributed by atoms with Gasteiger partial charge in [0, 0.05) is 12.4 Å². The van der Waals surface area contributed by atoms with Crippen molar-refractivity contribution in [2.24, 2.45) is 7.05 Å². The lowest BCUT2D eigenvalue weighted by atomic mass is 10.1. The molecule has 3 rings (SSSR count). The Morgan fingerprint density at radius 2 is 2.06 bits per heavy atom. The minimum atomic E-state index is -0.788. The van der Waals surface area contributed by atoms with Crippen LogP contribution < -0.4 is 0 Å². The van der Waals surface area contributed by atoms with Crippen LogP contribution in [0.25, 0.3) is 11.0 Å². The number of para-hydroxylation sites is 1. The number of hydrogen-bond acceptors (Lipinski definition) is 3. The van der Waals surface area contributed by atoms with E-state index < -0.39 is 6.10 Å². The van der Waals surface area contributed by atoms with E-state index in [-0.39, 0.29) is 0 Å². The number of fused-ring (bicyclic) bond motifs is 1. The zero-order valence-electron chi connectivity index (χ0n) is 10.3. The Morgan fingerprint density at radius 1 is 1.28 bits per heavy atom. The number of rotatable bonds is 2. The highest BCUT2D eigenvalue weighted by atomic mass is 16.4. The largest absolute Gasteiger partial charge is 0.458 e. The predicted molar refractivity (Wildman–Crippen MR) is 68.2 cm³/mol. The summed E-state index contributed by atoms with van der Waals surface area (Å²) in [5, 5.41) is 15.6. The van der Waals surface area contributed by atoms with E-state index in [0.29, 0.717) is 5.76 Å². The van der Waals surface area contributed by atoms with Crippen molar-refractivity contribution in [3.8, 4) is 0 Å². The number of aliphatic hydroxyl groups is 1. The van der Waals surface area contributed by atoms with Gasteiger partial charge in [0.25, 0.3) is 0 Å². The van der Waals surface area contributed by atoms with E-state index in [1.54, 1.807) is 4.68 Å². The molecule has 0 aliphatic rings. The second-order valence-electron chi connectivity index (χ2n) is 4.42. The van der Waals surface area contributed by atoms with Gasteiger partial charge in [-0.25, -0.2) is 0 Å². The molecule has 1 aromatic carbocycles. The zero-order chi connectivity index (χ0) is 12.7. The van der Waals surface area contributed by atoms with E-state index in [1.807, 2.05) is 50.4 Å². The van der Waals surface area contributed by atoms with Crippen molar-refractivity contribution in [2.45, 2.75) is 13.0 Å². The number of aryl methyl sites for hydroxylation is 2. The second-order valence-corrected chi connectivity index (χ2v) is 4.42. The molecule has 92 valence electrons. The molecule has 3 aromatic rings. The SMILES string of the molecule is Cc1cc(C(O)c2cc3ccccc3o2)n(C)n1. The minimum absolute atomic E-state index is 0.541. The number of benzene rings is 1. The fraction of sp³-hybridized carbons (Fsp3) is 0.214. The quantitative estimate of drug-likeness (QED) is 0.751. The highest BCUT2D eigenvalue weighted by molar-refractivity contribution is 5.77. The Kier molecular flexibility index (Phi) is 2.45. The van der Waals surface area contributed by atoms with Gasteiger partial charge in [-0.3, -0.25) is 4.68 Å². The van der Waals surface area contributed by atoms with Gasteiger partial charge in [0.2, 0.25) is 0 Å². The maximum absolute atomic E-state index is 10.3. The summed E-state index contributed by atoms with van der Waals surface area (Å²) in [6.07, 6.45) is -0.788. The van der Waals surface area contributed by atoms with Crippen molar-refractivity contribution in [3.63, 3.8) is 0 Å². The van der Waals surface area contributed by atoms with Crippen molar-refractivity contribution >= 4 is 11.0 Å². The first-order chi connectivity index (χ1) is 8.65. The molecule has 0 bridgehead atoms. The molecule has 0 saturated heterocycles. The number of nitrogens with zero attached hydrogens (tertiary/aromatic N) is 2. The number of aromatic nitrogens is 2. The standard InChI is InChI=1S/C14H14N2O2/c1-9-7-11(16(2)15-9)14(17)13-8-10-5-3-4-6-12(10)18-13/h3-8,14,17H,1-2H3. The molecule has 0 aliphatic carbocycles. The lowest BCUT2D eigenvalue weighted by Gasteiger charge is -2.07. The van der Waals surface area contributed by atoms with Gasteiger partial charge >= 0.3 is 0 Å². The van der Waals surface area contributed by atoms with Crippen molar-refractivity contribution < 1.29 is 9.52 Å². The maximum atomic E-state index is 10.3. The third-order valence-corrected chi connectivity index (χ3v) is 3.03. The van der Waals surface area contributed by atoms with Crippen LogP contribution in [-0.2, 0) is 7.05 Å². The van der Waals surface area contributed by atoms with Gasteiger partial charge in [-0.2, -0.15) is 5.10 Å². The van der Waals surface area contributed by atoms with Gasteiger partial charge in [0.05, 0.1) is 11.4 Å². The molecule has 1 N–H and O–H groups in total. The van der Waals surface area contributed by atoms with Gasteiger partial charge in [0.1, 0.15) is 11.3 Å². The van der Waals surface area contributed by atoms with Crippen LogP contribution in [0.2, 0.25) is 0 Å². The van der Waals surface area contributed by atoms with Crippen LogP contribution in [0.3, 0.4) is 0 Å². The summed E-state index contributed by atoms with van der Waals surface area (Å²) in [6.45, 7) is 1.90. The Morgan fingerprint density at radius 3 is 2.72 bits per heavy atom. The van der Waals surface area contributed by atoms with Crippen molar-refractivity contribution in [3.05, 3.63) is 53.5 Å². The molecule has 4 nitrogen and oxygen atoms in total. The maximum Gasteiger partial charge on any atom is 0.153 e. The number of aliphatic hydroxyl groups excluding tert-OH is 1. The second kappa shape index (κ2) is 3.99. The van der Waals surface area contributed by atoms with Crippen LogP contribution in [0.15, 0.2) is 40.8 Å². The molecular formula is C14H14N2O2. The lowest BCUT2D eigenvalue weighted by Crippen LogP contribution is -2.05. The van der Waals surface area contributed by atoms with Crippen molar-refractivity contribution in [1.29, 1.82) is 0 Å². The summed E-state index contributed by atoms with van der Waals surface area (Å²) in [6, 6.07) is 11.4. The molecule has 1 atom stereocenters. The number of furan rings is 1. The molecule has 0 saturated carbocycles. The summed E-state index contributed by atoms with van der Waals surface area (Å²) in [4.78, 5) is 0. The van der Waals surface area contributed by atoms with Crippen LogP contribution in [0.5, 0.6) is 0 Å². The molecule has 0 aliphatic heterocycles. The number of hydrogen-bond donors (Lipinski definition) is 1. The molecule has 0 fully saturated rings. The summed E-state index contributed by atoms with van der Waals surface area (Å²) in [7, 11) is 1.81. The smallest absolute Gasteiger partial charge is 0.153 e. The molecule has 2 aromatic heterocycles. The van der Waals surface area contributed by atoms with Crippen LogP contribution in [0.4, 0.5) is 0 Å². The fourth-order valence-electron chi connectivity index (χ4n) is 2.17. The van der Waals surface area contributed by atoms with Crippen LogP contribution in [-0.4, -0.2) is 14.9 Å². The van der Waals surface area contributed by atoms with Gasteiger partial charge in [-0.15, -0.1) is 0 Å². The molecule has 0 amide bonds. The van der Waals surface area contributed by atoms with Gasteiger partial charge in [0.15, 0.2) is 6.10 Å². The average Bonchev–Trinajstić information content (AvgIpc) is 2.91. The lowest BCUT2D eigenvalue weighted by molar-refractivity contribution is 0.183. The molecular weight excluding hydrogens is 228 g/mol. The van der Waals surface area contributed by atoms with Crippen molar-refractivity contribution in [2.75, 3.05) is 0 Å². The molecule has 18 heavy (non-hydrogen) atoms. The molecule has 0 radical (unpaired) electrons. The van der Waals surface area contributed by atoms with Gasteiger partial charge in [-0.05, 0) is 25.1 Å². The Balaban J connectivity index is 2.06. The van der Waals surface area contributed by atoms with Gasteiger partial charge < -0.3 is 9.52 Å². The first kappa shape index (κ1) is 11.0. The Hall–Kier alpha value is -2.07. The van der Waals surface area contributed by atoms with Crippen LogP contribution in [0.1, 0.15) is 23.3 Å². The summed E-state index contributed by atoms with van der Waals surface area (Å²) in [5.41, 5.74) is 2.39. The van der Waals surface area contributed by atoms with Crippen molar-refractivity contribution in [1.82, 2.24) is 9.78 Å². The third kappa shape index (κ3) is 1.71. The van der Waals surface area contributed by atoms with Crippen LogP contribution in [0, 0.1) is 6.92 Å². The average molecular weight is 242 g/mol. The third-order valence-electron chi connectivity index (χ3n) is 3.03. The van der Waals surface area contributed by atoms with E-state index in [2.05, 4.69) is 5.10 Å². The predicted octanol–water partition coefficient (Wildman–Crippen LogP) is 2.56. The topological polar surface area (TPSA) is 51.2 Å². The van der Waals surface area contributed by atoms with E-state index in [9.17, 15) is 5.11 Å². The van der Waals surface area contributed by atoms with E-state index in [1.165, 1.54) is 0 Å². The van der Waals surface area contributed by atoms with Gasteiger partial charge in [-0.1, -0.05) is 18.2 Å². The monoisotopic (exact) mass is 242 g/mol. The molecule has 2 heterocycles. The fourth-order valence-corrected chi connectivity index (χ4v) is 2.17. The van der Waals surface area contributed by atoms with Crippen LogP contribution >= 0.6 is 0 Å². The summed E-state index contributed by atoms with van der Waals surface area (Å²) < 4.78 is 7.33. The highest BCUT2D eigenvalue weighted by Crippen LogP contribution is 2.28.